The molecule has 0 saturated carbocycles. The van der Waals surface area contributed by atoms with E-state index in [1.807, 2.05) is 0 Å². The predicted molar refractivity (Wildman–Crippen MR) is 59.5 cm³/mol. The van der Waals surface area contributed by atoms with E-state index in [9.17, 15) is 8.78 Å². The van der Waals surface area contributed by atoms with E-state index < -0.39 is 11.6 Å². The van der Waals surface area contributed by atoms with Gasteiger partial charge in [0.2, 0.25) is 0 Å². The van der Waals surface area contributed by atoms with E-state index in [1.54, 1.807) is 6.92 Å². The standard InChI is InChI=1S/C11H8F2N2S/c1-6-2-3-7(12)10(11(6)13)8-4-9(16)15-5-14-8/h2-5H,1H3,(H,14,15,16). The number of aromatic amines is 1. The van der Waals surface area contributed by atoms with Crippen LogP contribution in [0.5, 0.6) is 0 Å². The van der Waals surface area contributed by atoms with Crippen LogP contribution in [0.4, 0.5) is 8.78 Å². The van der Waals surface area contributed by atoms with Gasteiger partial charge >= 0.3 is 0 Å². The molecule has 1 aromatic heterocycles. The molecule has 0 aliphatic heterocycles. The van der Waals surface area contributed by atoms with Crippen molar-refractivity contribution in [3.63, 3.8) is 0 Å². The molecule has 0 saturated heterocycles. The second kappa shape index (κ2) is 4.09. The number of H-pyrrole nitrogens is 1. The second-order valence-electron chi connectivity index (χ2n) is 3.35. The summed E-state index contributed by atoms with van der Waals surface area (Å²) in [6, 6.07) is 4.05. The summed E-state index contributed by atoms with van der Waals surface area (Å²) in [5.41, 5.74) is 0.569. The van der Waals surface area contributed by atoms with Crippen molar-refractivity contribution in [2.45, 2.75) is 6.92 Å². The quantitative estimate of drug-likeness (QED) is 0.771. The Hall–Kier alpha value is -1.62. The van der Waals surface area contributed by atoms with Gasteiger partial charge in [-0.3, -0.25) is 0 Å². The summed E-state index contributed by atoms with van der Waals surface area (Å²) in [4.78, 5) is 6.44. The first-order valence-electron chi connectivity index (χ1n) is 4.59. The van der Waals surface area contributed by atoms with Crippen LogP contribution in [0.25, 0.3) is 11.3 Å². The van der Waals surface area contributed by atoms with E-state index >= 15 is 0 Å². The number of aryl methyl sites for hydroxylation is 1. The van der Waals surface area contributed by atoms with E-state index in [0.717, 1.165) is 0 Å². The van der Waals surface area contributed by atoms with Gasteiger partial charge in [-0.1, -0.05) is 18.3 Å². The molecular weight excluding hydrogens is 230 g/mol. The van der Waals surface area contributed by atoms with Gasteiger partial charge in [-0.25, -0.2) is 13.8 Å². The summed E-state index contributed by atoms with van der Waals surface area (Å²) < 4.78 is 27.6. The molecule has 0 amide bonds. The Labute approximate surface area is 96.0 Å². The van der Waals surface area contributed by atoms with Crippen molar-refractivity contribution in [3.8, 4) is 11.3 Å². The number of benzene rings is 1. The third kappa shape index (κ3) is 1.86. The summed E-state index contributed by atoms with van der Waals surface area (Å²) in [7, 11) is 0. The van der Waals surface area contributed by atoms with Gasteiger partial charge in [-0.15, -0.1) is 0 Å². The fourth-order valence-corrected chi connectivity index (χ4v) is 1.59. The highest BCUT2D eigenvalue weighted by atomic mass is 32.1. The van der Waals surface area contributed by atoms with Crippen LogP contribution in [0, 0.1) is 23.2 Å². The monoisotopic (exact) mass is 238 g/mol. The topological polar surface area (TPSA) is 28.7 Å². The van der Waals surface area contributed by atoms with Crippen LogP contribution in [0.2, 0.25) is 0 Å². The number of hydrogen-bond donors (Lipinski definition) is 1. The maximum atomic E-state index is 13.8. The Morgan fingerprint density at radius 1 is 1.31 bits per heavy atom. The van der Waals surface area contributed by atoms with E-state index in [2.05, 4.69) is 9.97 Å². The lowest BCUT2D eigenvalue weighted by atomic mass is 10.1. The lowest BCUT2D eigenvalue weighted by molar-refractivity contribution is 0.582. The maximum absolute atomic E-state index is 13.8. The molecule has 0 spiro atoms. The summed E-state index contributed by atoms with van der Waals surface area (Å²) in [5, 5.41) is 0. The van der Waals surface area contributed by atoms with Crippen molar-refractivity contribution in [3.05, 3.63) is 46.4 Å². The van der Waals surface area contributed by atoms with Gasteiger partial charge in [-0.2, -0.15) is 0 Å². The molecule has 16 heavy (non-hydrogen) atoms. The lowest BCUT2D eigenvalue weighted by Crippen LogP contribution is -1.95. The molecular formula is C11H8F2N2S. The third-order valence-corrected chi connectivity index (χ3v) is 2.46. The summed E-state index contributed by atoms with van der Waals surface area (Å²) >= 11 is 4.84. The number of nitrogens with one attached hydrogen (secondary N) is 1. The van der Waals surface area contributed by atoms with E-state index in [4.69, 9.17) is 12.2 Å². The van der Waals surface area contributed by atoms with Crippen molar-refractivity contribution < 1.29 is 8.78 Å². The normalized spacial score (nSPS) is 10.4. The van der Waals surface area contributed by atoms with Gasteiger partial charge in [0.15, 0.2) is 0 Å². The zero-order valence-electron chi connectivity index (χ0n) is 8.42. The molecule has 5 heteroatoms. The van der Waals surface area contributed by atoms with Gasteiger partial charge in [-0.05, 0) is 24.6 Å². The summed E-state index contributed by atoms with van der Waals surface area (Å²) in [6.45, 7) is 1.58. The molecule has 0 atom stereocenters. The smallest absolute Gasteiger partial charge is 0.138 e. The summed E-state index contributed by atoms with van der Waals surface area (Å²) in [6.07, 6.45) is 1.32. The fraction of sp³-hybridized carbons (Fsp3) is 0.0909. The average Bonchev–Trinajstić information content (AvgIpc) is 2.24. The zero-order valence-corrected chi connectivity index (χ0v) is 9.24. The largest absolute Gasteiger partial charge is 0.346 e. The van der Waals surface area contributed by atoms with Gasteiger partial charge < -0.3 is 4.98 Å². The number of nitrogens with zero attached hydrogens (tertiary/aromatic N) is 1. The number of halogens is 2. The van der Waals surface area contributed by atoms with Crippen molar-refractivity contribution in [2.24, 2.45) is 0 Å². The number of hydrogen-bond acceptors (Lipinski definition) is 2. The molecule has 0 fully saturated rings. The molecule has 0 bridgehead atoms. The minimum atomic E-state index is -0.625. The SMILES string of the molecule is Cc1ccc(F)c(-c2cc(=S)nc[nH]2)c1F. The minimum Gasteiger partial charge on any atom is -0.346 e. The van der Waals surface area contributed by atoms with E-state index in [0.29, 0.717) is 11.3 Å². The van der Waals surface area contributed by atoms with Crippen LogP contribution < -0.4 is 0 Å². The van der Waals surface area contributed by atoms with Crippen molar-refractivity contribution in [2.75, 3.05) is 0 Å². The Morgan fingerprint density at radius 2 is 2.06 bits per heavy atom. The Kier molecular flexibility index (Phi) is 2.78. The number of aromatic nitrogens is 2. The average molecular weight is 238 g/mol. The molecule has 82 valence electrons. The lowest BCUT2D eigenvalue weighted by Gasteiger charge is -2.06. The van der Waals surface area contributed by atoms with E-state index in [-0.39, 0.29) is 10.2 Å². The first-order chi connectivity index (χ1) is 7.59. The highest BCUT2D eigenvalue weighted by Crippen LogP contribution is 2.25. The van der Waals surface area contributed by atoms with Gasteiger partial charge in [0.25, 0.3) is 0 Å². The predicted octanol–water partition coefficient (Wildman–Crippen LogP) is 3.39. The van der Waals surface area contributed by atoms with Crippen molar-refractivity contribution in [1.82, 2.24) is 9.97 Å². The van der Waals surface area contributed by atoms with Crippen LogP contribution >= 0.6 is 12.2 Å². The fourth-order valence-electron chi connectivity index (χ4n) is 1.42. The molecule has 1 heterocycles. The molecule has 0 unspecified atom stereocenters. The molecule has 2 rings (SSSR count). The minimum absolute atomic E-state index is 0.103. The van der Waals surface area contributed by atoms with Crippen LogP contribution in [0.15, 0.2) is 24.5 Å². The Balaban J connectivity index is 2.73. The van der Waals surface area contributed by atoms with Crippen LogP contribution in [-0.4, -0.2) is 9.97 Å². The summed E-state index contributed by atoms with van der Waals surface area (Å²) in [5.74, 6) is -1.21. The van der Waals surface area contributed by atoms with Gasteiger partial charge in [0.05, 0.1) is 17.6 Å². The molecule has 1 N–H and O–H groups in total. The number of rotatable bonds is 1. The van der Waals surface area contributed by atoms with Gasteiger partial charge in [0.1, 0.15) is 16.3 Å². The van der Waals surface area contributed by atoms with Crippen LogP contribution in [0.1, 0.15) is 5.56 Å². The molecule has 1 aromatic carbocycles. The Morgan fingerprint density at radius 3 is 2.75 bits per heavy atom. The molecule has 2 aromatic rings. The van der Waals surface area contributed by atoms with Gasteiger partial charge in [0, 0.05) is 0 Å². The molecule has 2 nitrogen and oxygen atoms in total. The molecule has 0 radical (unpaired) electrons. The molecule has 0 aliphatic rings. The van der Waals surface area contributed by atoms with Crippen LogP contribution in [0.3, 0.4) is 0 Å². The highest BCUT2D eigenvalue weighted by molar-refractivity contribution is 7.71. The van der Waals surface area contributed by atoms with Crippen molar-refractivity contribution in [1.29, 1.82) is 0 Å². The first kappa shape index (κ1) is 10.9. The van der Waals surface area contributed by atoms with Crippen molar-refractivity contribution >= 4 is 12.2 Å². The highest BCUT2D eigenvalue weighted by Gasteiger charge is 2.13. The third-order valence-electron chi connectivity index (χ3n) is 2.23. The Bertz CT molecular complexity index is 593. The first-order valence-corrected chi connectivity index (χ1v) is 5.00. The van der Waals surface area contributed by atoms with E-state index in [1.165, 1.54) is 24.5 Å². The molecule has 0 aliphatic carbocycles. The van der Waals surface area contributed by atoms with Crippen LogP contribution in [-0.2, 0) is 0 Å². The zero-order chi connectivity index (χ0) is 11.7. The maximum Gasteiger partial charge on any atom is 0.138 e. The second-order valence-corrected chi connectivity index (χ2v) is 3.77.